The highest BCUT2D eigenvalue weighted by molar-refractivity contribution is 6.10. The molecule has 0 amide bonds. The fourth-order valence-electron chi connectivity index (χ4n) is 5.24. The van der Waals surface area contributed by atoms with E-state index in [4.69, 9.17) is 0 Å². The van der Waals surface area contributed by atoms with Crippen molar-refractivity contribution in [1.82, 2.24) is 4.57 Å². The Bertz CT molecular complexity index is 1640. The molecule has 1 heterocycles. The summed E-state index contributed by atoms with van der Waals surface area (Å²) in [5.41, 5.74) is 11.5. The molecule has 164 valence electrons. The van der Waals surface area contributed by atoms with Crippen LogP contribution in [0.5, 0.6) is 0 Å². The number of hydrogen-bond acceptors (Lipinski definition) is 0. The molecule has 0 unspecified atom stereocenters. The van der Waals surface area contributed by atoms with Gasteiger partial charge in [-0.1, -0.05) is 91.9 Å². The van der Waals surface area contributed by atoms with Gasteiger partial charge in [0.05, 0.1) is 11.0 Å². The van der Waals surface area contributed by atoms with Crippen molar-refractivity contribution in [1.29, 1.82) is 0 Å². The molecule has 0 aliphatic carbocycles. The Morgan fingerprint density at radius 1 is 0.559 bits per heavy atom. The molecule has 1 aromatic heterocycles. The van der Waals surface area contributed by atoms with E-state index in [-0.39, 0.29) is 0 Å². The highest BCUT2D eigenvalue weighted by Crippen LogP contribution is 2.36. The first kappa shape index (κ1) is 20.5. The molecule has 6 aromatic rings. The third-order valence-corrected chi connectivity index (χ3v) is 6.94. The van der Waals surface area contributed by atoms with Crippen LogP contribution in [-0.2, 0) is 6.42 Å². The van der Waals surface area contributed by atoms with Gasteiger partial charge in [0.15, 0.2) is 0 Å². The smallest absolute Gasteiger partial charge is 0.0541 e. The summed E-state index contributed by atoms with van der Waals surface area (Å²) in [5.74, 6) is 0. The van der Waals surface area contributed by atoms with E-state index in [1.165, 1.54) is 60.9 Å². The zero-order chi connectivity index (χ0) is 23.1. The number of para-hydroxylation sites is 2. The molecule has 0 N–H and O–H groups in total. The highest BCUT2D eigenvalue weighted by atomic mass is 15.0. The van der Waals surface area contributed by atoms with Gasteiger partial charge < -0.3 is 4.57 Å². The van der Waals surface area contributed by atoms with Crippen molar-refractivity contribution < 1.29 is 0 Å². The second-order valence-electron chi connectivity index (χ2n) is 8.96. The Morgan fingerprint density at radius 2 is 1.24 bits per heavy atom. The second-order valence-corrected chi connectivity index (χ2v) is 8.96. The summed E-state index contributed by atoms with van der Waals surface area (Å²) < 4.78 is 2.37. The molecular formula is C33H27N. The largest absolute Gasteiger partial charge is 0.309 e. The number of aryl methyl sites for hydroxylation is 2. The van der Waals surface area contributed by atoms with Gasteiger partial charge in [0, 0.05) is 16.5 Å². The number of aromatic nitrogens is 1. The Kier molecular flexibility index (Phi) is 5.04. The molecule has 1 heteroatoms. The molecule has 0 aliphatic heterocycles. The number of nitrogens with zero attached hydrogens (tertiary/aromatic N) is 1. The molecule has 1 nitrogen and oxygen atoms in total. The van der Waals surface area contributed by atoms with Crippen LogP contribution in [-0.4, -0.2) is 4.57 Å². The number of fused-ring (bicyclic) bond motifs is 3. The van der Waals surface area contributed by atoms with Crippen molar-refractivity contribution in [2.45, 2.75) is 20.3 Å². The van der Waals surface area contributed by atoms with E-state index in [1.54, 1.807) is 0 Å². The molecule has 34 heavy (non-hydrogen) atoms. The minimum atomic E-state index is 1.04. The van der Waals surface area contributed by atoms with Gasteiger partial charge in [-0.25, -0.2) is 0 Å². The summed E-state index contributed by atoms with van der Waals surface area (Å²) in [6.07, 6.45) is 1.04. The molecule has 0 saturated heterocycles. The van der Waals surface area contributed by atoms with Crippen molar-refractivity contribution in [2.24, 2.45) is 0 Å². The van der Waals surface area contributed by atoms with Gasteiger partial charge >= 0.3 is 0 Å². The van der Waals surface area contributed by atoms with E-state index in [2.05, 4.69) is 134 Å². The van der Waals surface area contributed by atoms with Gasteiger partial charge in [0.2, 0.25) is 0 Å². The van der Waals surface area contributed by atoms with E-state index in [0.29, 0.717) is 0 Å². The molecule has 5 aromatic carbocycles. The van der Waals surface area contributed by atoms with Gasteiger partial charge in [-0.05, 0) is 77.1 Å². The zero-order valence-corrected chi connectivity index (χ0v) is 19.6. The Morgan fingerprint density at radius 3 is 2.06 bits per heavy atom. The standard InChI is InChI=1S/C33H27N/c1-3-24-11-7-8-14-29(24)28-19-17-25(21-23(28)2)26-18-20-33-31(22-26)30-15-9-10-16-32(30)34(33)27-12-5-4-6-13-27/h4-22H,3H2,1-2H3. The van der Waals surface area contributed by atoms with Crippen LogP contribution in [0.15, 0.2) is 115 Å². The molecule has 0 saturated carbocycles. The molecular weight excluding hydrogens is 410 g/mol. The first-order valence-electron chi connectivity index (χ1n) is 12.0. The number of benzene rings is 5. The summed E-state index contributed by atoms with van der Waals surface area (Å²) in [7, 11) is 0. The minimum Gasteiger partial charge on any atom is -0.309 e. The number of rotatable bonds is 4. The fourth-order valence-corrected chi connectivity index (χ4v) is 5.24. The first-order chi connectivity index (χ1) is 16.7. The van der Waals surface area contributed by atoms with Crippen LogP contribution in [0.4, 0.5) is 0 Å². The lowest BCUT2D eigenvalue weighted by Gasteiger charge is -2.13. The predicted molar refractivity (Wildman–Crippen MR) is 146 cm³/mol. The van der Waals surface area contributed by atoms with Crippen LogP contribution in [0.1, 0.15) is 18.1 Å². The lowest BCUT2D eigenvalue weighted by molar-refractivity contribution is 1.14. The third kappa shape index (κ3) is 3.33. The van der Waals surface area contributed by atoms with Crippen LogP contribution < -0.4 is 0 Å². The summed E-state index contributed by atoms with van der Waals surface area (Å²) in [6, 6.07) is 41.9. The normalized spacial score (nSPS) is 11.4. The second kappa shape index (κ2) is 8.35. The Labute approximate surface area is 200 Å². The molecule has 0 bridgehead atoms. The van der Waals surface area contributed by atoms with E-state index < -0.39 is 0 Å². The summed E-state index contributed by atoms with van der Waals surface area (Å²) in [6.45, 7) is 4.45. The average molecular weight is 438 g/mol. The first-order valence-corrected chi connectivity index (χ1v) is 12.0. The van der Waals surface area contributed by atoms with Gasteiger partial charge in [-0.3, -0.25) is 0 Å². The molecule has 0 atom stereocenters. The summed E-state index contributed by atoms with van der Waals surface area (Å²) in [5, 5.41) is 2.57. The molecule has 0 spiro atoms. The van der Waals surface area contributed by atoms with Gasteiger partial charge in [-0.2, -0.15) is 0 Å². The molecule has 6 rings (SSSR count). The maximum absolute atomic E-state index is 2.37. The van der Waals surface area contributed by atoms with E-state index in [9.17, 15) is 0 Å². The quantitative estimate of drug-likeness (QED) is 0.259. The van der Waals surface area contributed by atoms with Gasteiger partial charge in [0.1, 0.15) is 0 Å². The van der Waals surface area contributed by atoms with Crippen molar-refractivity contribution in [2.75, 3.05) is 0 Å². The number of hydrogen-bond donors (Lipinski definition) is 0. The van der Waals surface area contributed by atoms with Gasteiger partial charge in [0.25, 0.3) is 0 Å². The van der Waals surface area contributed by atoms with E-state index in [1.807, 2.05) is 0 Å². The van der Waals surface area contributed by atoms with Crippen LogP contribution in [0.3, 0.4) is 0 Å². The lowest BCUT2D eigenvalue weighted by atomic mass is 9.92. The van der Waals surface area contributed by atoms with Crippen molar-refractivity contribution in [3.8, 4) is 27.9 Å². The van der Waals surface area contributed by atoms with Crippen molar-refractivity contribution in [3.63, 3.8) is 0 Å². The van der Waals surface area contributed by atoms with E-state index in [0.717, 1.165) is 6.42 Å². The molecule has 0 aliphatic rings. The van der Waals surface area contributed by atoms with Crippen LogP contribution in [0.25, 0.3) is 49.7 Å². The summed E-state index contributed by atoms with van der Waals surface area (Å²) >= 11 is 0. The summed E-state index contributed by atoms with van der Waals surface area (Å²) in [4.78, 5) is 0. The maximum atomic E-state index is 2.37. The SMILES string of the molecule is CCc1ccccc1-c1ccc(-c2ccc3c(c2)c2ccccc2n3-c2ccccc2)cc1C. The van der Waals surface area contributed by atoms with E-state index >= 15 is 0 Å². The van der Waals surface area contributed by atoms with Crippen LogP contribution in [0.2, 0.25) is 0 Å². The van der Waals surface area contributed by atoms with Crippen molar-refractivity contribution in [3.05, 3.63) is 126 Å². The van der Waals surface area contributed by atoms with Gasteiger partial charge in [-0.15, -0.1) is 0 Å². The Hall–Kier alpha value is -4.10. The molecule has 0 fully saturated rings. The predicted octanol–water partition coefficient (Wildman–Crippen LogP) is 8.99. The zero-order valence-electron chi connectivity index (χ0n) is 19.6. The highest BCUT2D eigenvalue weighted by Gasteiger charge is 2.13. The minimum absolute atomic E-state index is 1.04. The van der Waals surface area contributed by atoms with Crippen LogP contribution >= 0.6 is 0 Å². The fraction of sp³-hybridized carbons (Fsp3) is 0.0909. The molecule has 0 radical (unpaired) electrons. The maximum Gasteiger partial charge on any atom is 0.0541 e. The van der Waals surface area contributed by atoms with Crippen LogP contribution in [0, 0.1) is 6.92 Å². The topological polar surface area (TPSA) is 4.93 Å². The van der Waals surface area contributed by atoms with Crippen molar-refractivity contribution >= 4 is 21.8 Å². The average Bonchev–Trinajstić information content (AvgIpc) is 3.23. The Balaban J connectivity index is 1.50. The monoisotopic (exact) mass is 437 g/mol. The third-order valence-electron chi connectivity index (χ3n) is 6.94. The lowest BCUT2D eigenvalue weighted by Crippen LogP contribution is -1.93.